The van der Waals surface area contributed by atoms with E-state index in [9.17, 15) is 0 Å². The molecule has 0 aliphatic carbocycles. The first kappa shape index (κ1) is 18.2. The van der Waals surface area contributed by atoms with Crippen LogP contribution in [0.15, 0.2) is 30.3 Å². The molecule has 1 unspecified atom stereocenters. The molecule has 0 aliphatic rings. The highest BCUT2D eigenvalue weighted by Gasteiger charge is 2.13. The molecule has 0 spiro atoms. The van der Waals surface area contributed by atoms with Gasteiger partial charge in [-0.05, 0) is 48.7 Å². The Hall–Kier alpha value is -2.11. The summed E-state index contributed by atoms with van der Waals surface area (Å²) in [4.78, 5) is 4.42. The number of hydrogen-bond donors (Lipinski definition) is 2. The van der Waals surface area contributed by atoms with Crippen LogP contribution in [0.3, 0.4) is 0 Å². The number of nitrogens with one attached hydrogen (secondary N) is 1. The topological polar surface area (TPSA) is 69.4 Å². The van der Waals surface area contributed by atoms with Crippen molar-refractivity contribution in [2.75, 3.05) is 26.6 Å². The molecular formula is C19H27N3O2. The van der Waals surface area contributed by atoms with Crippen LogP contribution in [-0.4, -0.2) is 31.9 Å². The van der Waals surface area contributed by atoms with E-state index in [4.69, 9.17) is 15.2 Å². The van der Waals surface area contributed by atoms with Gasteiger partial charge in [0.2, 0.25) is 0 Å². The first-order valence-electron chi connectivity index (χ1n) is 8.24. The van der Waals surface area contributed by atoms with Crippen LogP contribution in [0, 0.1) is 0 Å². The minimum atomic E-state index is 0.293. The number of nitrogens with zero attached hydrogens (tertiary/aromatic N) is 1. The molecule has 5 nitrogen and oxygen atoms in total. The van der Waals surface area contributed by atoms with E-state index in [1.54, 1.807) is 20.3 Å². The molecule has 0 aliphatic heterocycles. The summed E-state index contributed by atoms with van der Waals surface area (Å²) >= 11 is 0. The predicted octanol–water partition coefficient (Wildman–Crippen LogP) is 3.03. The molecule has 1 aromatic carbocycles. The minimum absolute atomic E-state index is 0.293. The van der Waals surface area contributed by atoms with Crippen molar-refractivity contribution in [3.8, 4) is 17.0 Å². The van der Waals surface area contributed by atoms with Gasteiger partial charge in [-0.1, -0.05) is 13.0 Å². The predicted molar refractivity (Wildman–Crippen MR) is 98.2 cm³/mol. The van der Waals surface area contributed by atoms with E-state index >= 15 is 0 Å². The van der Waals surface area contributed by atoms with Crippen molar-refractivity contribution < 1.29 is 9.47 Å². The van der Waals surface area contributed by atoms with E-state index in [1.807, 2.05) is 12.1 Å². The van der Waals surface area contributed by atoms with Gasteiger partial charge in [0.05, 0.1) is 19.4 Å². The van der Waals surface area contributed by atoms with E-state index in [0.717, 1.165) is 30.0 Å². The van der Waals surface area contributed by atoms with Crippen LogP contribution in [0.2, 0.25) is 0 Å². The average molecular weight is 329 g/mol. The van der Waals surface area contributed by atoms with Crippen molar-refractivity contribution in [2.24, 2.45) is 0 Å². The van der Waals surface area contributed by atoms with E-state index in [0.29, 0.717) is 18.5 Å². The van der Waals surface area contributed by atoms with Crippen molar-refractivity contribution in [1.29, 1.82) is 0 Å². The number of nitrogens with two attached hydrogens (primary N) is 1. The second-order valence-electron chi connectivity index (χ2n) is 5.86. The monoisotopic (exact) mass is 329 g/mol. The lowest BCUT2D eigenvalue weighted by Crippen LogP contribution is -2.29. The lowest BCUT2D eigenvalue weighted by Gasteiger charge is -2.18. The Kier molecular flexibility index (Phi) is 6.58. The zero-order valence-corrected chi connectivity index (χ0v) is 14.9. The van der Waals surface area contributed by atoms with E-state index in [2.05, 4.69) is 36.3 Å². The number of ether oxygens (including phenoxy) is 2. The van der Waals surface area contributed by atoms with Crippen molar-refractivity contribution in [2.45, 2.75) is 32.9 Å². The Morgan fingerprint density at radius 1 is 1.21 bits per heavy atom. The highest BCUT2D eigenvalue weighted by Crippen LogP contribution is 2.32. The second-order valence-corrected chi connectivity index (χ2v) is 5.86. The van der Waals surface area contributed by atoms with Crippen LogP contribution in [0.4, 0.5) is 5.82 Å². The normalized spacial score (nSPS) is 12.2. The Morgan fingerprint density at radius 3 is 2.62 bits per heavy atom. The molecule has 0 amide bonds. The summed E-state index contributed by atoms with van der Waals surface area (Å²) in [6.07, 6.45) is 0.939. The molecule has 5 heteroatoms. The third-order valence-corrected chi connectivity index (χ3v) is 4.01. The third kappa shape index (κ3) is 4.46. The van der Waals surface area contributed by atoms with Gasteiger partial charge in [-0.3, -0.25) is 0 Å². The van der Waals surface area contributed by atoms with Crippen LogP contribution in [0.25, 0.3) is 11.3 Å². The molecule has 1 heterocycles. The van der Waals surface area contributed by atoms with Crippen LogP contribution >= 0.6 is 0 Å². The van der Waals surface area contributed by atoms with E-state index in [-0.39, 0.29) is 0 Å². The number of aromatic nitrogens is 1. The van der Waals surface area contributed by atoms with Crippen LogP contribution < -0.4 is 15.8 Å². The van der Waals surface area contributed by atoms with Gasteiger partial charge < -0.3 is 20.5 Å². The van der Waals surface area contributed by atoms with Gasteiger partial charge in [-0.25, -0.2) is 4.98 Å². The van der Waals surface area contributed by atoms with Gasteiger partial charge >= 0.3 is 0 Å². The number of rotatable bonds is 8. The van der Waals surface area contributed by atoms with Gasteiger partial charge in [-0.2, -0.15) is 0 Å². The summed E-state index contributed by atoms with van der Waals surface area (Å²) in [5.74, 6) is 1.31. The summed E-state index contributed by atoms with van der Waals surface area (Å²) in [7, 11) is 3.40. The number of hydrogen-bond acceptors (Lipinski definition) is 5. The molecule has 0 bridgehead atoms. The zero-order valence-electron chi connectivity index (χ0n) is 14.9. The van der Waals surface area contributed by atoms with Gasteiger partial charge in [0.25, 0.3) is 0 Å². The number of anilines is 1. The van der Waals surface area contributed by atoms with Crippen molar-refractivity contribution in [1.82, 2.24) is 10.3 Å². The Morgan fingerprint density at radius 2 is 2.00 bits per heavy atom. The van der Waals surface area contributed by atoms with Gasteiger partial charge in [0, 0.05) is 25.3 Å². The zero-order chi connectivity index (χ0) is 17.5. The number of benzene rings is 1. The Balaban J connectivity index is 2.34. The molecule has 3 N–H and O–H groups in total. The fourth-order valence-corrected chi connectivity index (χ4v) is 2.72. The lowest BCUT2D eigenvalue weighted by atomic mass is 9.98. The summed E-state index contributed by atoms with van der Waals surface area (Å²) < 4.78 is 10.8. The molecule has 0 fully saturated rings. The van der Waals surface area contributed by atoms with Crippen molar-refractivity contribution >= 4 is 5.82 Å². The lowest BCUT2D eigenvalue weighted by molar-refractivity contribution is 0.171. The SMILES string of the molecule is CCc1cc(-c2cccc(N)n2)c(OC)cc1CNC(C)COC. The first-order valence-corrected chi connectivity index (χ1v) is 8.24. The fourth-order valence-electron chi connectivity index (χ4n) is 2.72. The second kappa shape index (κ2) is 8.66. The Labute approximate surface area is 144 Å². The van der Waals surface area contributed by atoms with Crippen LogP contribution in [-0.2, 0) is 17.7 Å². The molecule has 0 saturated heterocycles. The molecule has 24 heavy (non-hydrogen) atoms. The number of methoxy groups -OCH3 is 2. The molecule has 1 aromatic heterocycles. The molecule has 2 rings (SSSR count). The molecule has 130 valence electrons. The van der Waals surface area contributed by atoms with Crippen molar-refractivity contribution in [3.05, 3.63) is 41.5 Å². The summed E-state index contributed by atoms with van der Waals surface area (Å²) in [6.45, 7) is 5.72. The smallest absolute Gasteiger partial charge is 0.128 e. The fraction of sp³-hybridized carbons (Fsp3) is 0.421. The third-order valence-electron chi connectivity index (χ3n) is 4.01. The largest absolute Gasteiger partial charge is 0.496 e. The average Bonchev–Trinajstić information content (AvgIpc) is 2.59. The molecule has 0 radical (unpaired) electrons. The maximum atomic E-state index is 5.82. The maximum absolute atomic E-state index is 5.82. The Bertz CT molecular complexity index is 674. The number of nitrogen functional groups attached to an aromatic ring is 1. The molecule has 0 saturated carbocycles. The number of pyridine rings is 1. The molecular weight excluding hydrogens is 302 g/mol. The van der Waals surface area contributed by atoms with Crippen molar-refractivity contribution in [3.63, 3.8) is 0 Å². The minimum Gasteiger partial charge on any atom is -0.496 e. The highest BCUT2D eigenvalue weighted by molar-refractivity contribution is 5.70. The number of aryl methyl sites for hydroxylation is 1. The maximum Gasteiger partial charge on any atom is 0.128 e. The van der Waals surface area contributed by atoms with E-state index < -0.39 is 0 Å². The molecule has 2 aromatic rings. The van der Waals surface area contributed by atoms with Gasteiger partial charge in [0.15, 0.2) is 0 Å². The van der Waals surface area contributed by atoms with Crippen LogP contribution in [0.5, 0.6) is 5.75 Å². The summed E-state index contributed by atoms with van der Waals surface area (Å²) in [5.41, 5.74) is 10.1. The first-order chi connectivity index (χ1) is 11.6. The van der Waals surface area contributed by atoms with Gasteiger partial charge in [0.1, 0.15) is 11.6 Å². The summed E-state index contributed by atoms with van der Waals surface area (Å²) in [6, 6.07) is 10.2. The summed E-state index contributed by atoms with van der Waals surface area (Å²) in [5, 5.41) is 3.48. The highest BCUT2D eigenvalue weighted by atomic mass is 16.5. The van der Waals surface area contributed by atoms with E-state index in [1.165, 1.54) is 11.1 Å². The quantitative estimate of drug-likeness (QED) is 0.779. The molecule has 1 atom stereocenters. The van der Waals surface area contributed by atoms with Crippen LogP contribution in [0.1, 0.15) is 25.0 Å². The standard InChI is InChI=1S/C19H27N3O2/c1-5-14-9-16(17-7-6-8-19(20)22-17)18(24-4)10-15(14)11-21-13(2)12-23-3/h6-10,13,21H,5,11-12H2,1-4H3,(H2,20,22). The van der Waals surface area contributed by atoms with Gasteiger partial charge in [-0.15, -0.1) is 0 Å².